The van der Waals surface area contributed by atoms with E-state index in [9.17, 15) is 4.39 Å². The first-order valence-corrected chi connectivity index (χ1v) is 5.66. The van der Waals surface area contributed by atoms with E-state index in [0.717, 1.165) is 5.56 Å². The molecule has 0 nitrogen and oxygen atoms in total. The third-order valence-corrected chi connectivity index (χ3v) is 3.49. The molecule has 2 heteroatoms. The molecule has 0 N–H and O–H groups in total. The van der Waals surface area contributed by atoms with Crippen LogP contribution in [-0.4, -0.2) is 5.88 Å². The van der Waals surface area contributed by atoms with E-state index in [0.29, 0.717) is 17.7 Å². The van der Waals surface area contributed by atoms with E-state index in [1.54, 1.807) is 12.1 Å². The fraction of sp³-hybridized carbons (Fsp3) is 0.500. The normalized spacial score (nSPS) is 19.0. The van der Waals surface area contributed by atoms with Gasteiger partial charge in [-0.25, -0.2) is 4.39 Å². The number of benzene rings is 1. The van der Waals surface area contributed by atoms with Crippen molar-refractivity contribution in [1.82, 2.24) is 0 Å². The Morgan fingerprint density at radius 1 is 1.43 bits per heavy atom. The second-order valence-electron chi connectivity index (χ2n) is 4.01. The summed E-state index contributed by atoms with van der Waals surface area (Å²) in [5.74, 6) is 1.47. The summed E-state index contributed by atoms with van der Waals surface area (Å²) < 4.78 is 13.0. The average Bonchev–Trinajstić information content (AvgIpc) is 2.10. The summed E-state index contributed by atoms with van der Waals surface area (Å²) in [7, 11) is 0. The van der Waals surface area contributed by atoms with Gasteiger partial charge in [0.1, 0.15) is 5.82 Å². The molecule has 1 unspecified atom stereocenters. The van der Waals surface area contributed by atoms with Crippen LogP contribution in [0.1, 0.15) is 30.7 Å². The Balaban J connectivity index is 2.17. The third kappa shape index (κ3) is 1.93. The second-order valence-corrected chi connectivity index (χ2v) is 4.32. The Hall–Kier alpha value is -0.560. The van der Waals surface area contributed by atoms with Crippen LogP contribution in [0.5, 0.6) is 0 Å². The molecule has 0 heterocycles. The van der Waals surface area contributed by atoms with Crippen LogP contribution in [0.2, 0.25) is 0 Å². The molecule has 0 aromatic heterocycles. The Kier molecular flexibility index (Phi) is 3.07. The van der Waals surface area contributed by atoms with E-state index in [1.165, 1.54) is 25.3 Å². The van der Waals surface area contributed by atoms with E-state index in [-0.39, 0.29) is 5.82 Å². The van der Waals surface area contributed by atoms with Gasteiger partial charge in [-0.1, -0.05) is 18.6 Å². The van der Waals surface area contributed by atoms with E-state index in [2.05, 4.69) is 0 Å². The van der Waals surface area contributed by atoms with Gasteiger partial charge in [-0.3, -0.25) is 0 Å². The maximum absolute atomic E-state index is 13.0. The molecule has 0 saturated heterocycles. The first kappa shape index (κ1) is 9.97. The molecule has 1 saturated carbocycles. The second kappa shape index (κ2) is 4.31. The van der Waals surface area contributed by atoms with Crippen LogP contribution in [0.4, 0.5) is 4.39 Å². The molecular weight excluding hydrogens is 199 g/mol. The molecule has 1 atom stereocenters. The highest BCUT2D eigenvalue weighted by molar-refractivity contribution is 6.18. The highest BCUT2D eigenvalue weighted by Gasteiger charge is 2.27. The number of rotatable bonds is 3. The van der Waals surface area contributed by atoms with Crippen LogP contribution in [-0.2, 0) is 0 Å². The number of halogens is 2. The van der Waals surface area contributed by atoms with Gasteiger partial charge in [-0.05, 0) is 36.5 Å². The van der Waals surface area contributed by atoms with Crippen LogP contribution in [0.15, 0.2) is 24.3 Å². The number of alkyl halides is 1. The minimum absolute atomic E-state index is 0.156. The third-order valence-electron chi connectivity index (χ3n) is 3.16. The largest absolute Gasteiger partial charge is 0.207 e. The summed E-state index contributed by atoms with van der Waals surface area (Å²) in [5.41, 5.74) is 1.06. The van der Waals surface area contributed by atoms with Gasteiger partial charge in [0.25, 0.3) is 0 Å². The maximum atomic E-state index is 13.0. The molecule has 1 aromatic rings. The van der Waals surface area contributed by atoms with E-state index >= 15 is 0 Å². The van der Waals surface area contributed by atoms with Gasteiger partial charge in [-0.2, -0.15) is 0 Å². The van der Waals surface area contributed by atoms with E-state index in [1.807, 2.05) is 6.07 Å². The van der Waals surface area contributed by atoms with Crippen LogP contribution in [0, 0.1) is 11.7 Å². The van der Waals surface area contributed by atoms with Gasteiger partial charge in [0, 0.05) is 11.8 Å². The summed E-state index contributed by atoms with van der Waals surface area (Å²) in [6, 6.07) is 6.85. The molecule has 1 aliphatic carbocycles. The highest BCUT2D eigenvalue weighted by atomic mass is 35.5. The van der Waals surface area contributed by atoms with Gasteiger partial charge in [0.05, 0.1) is 0 Å². The lowest BCUT2D eigenvalue weighted by atomic mass is 9.74. The lowest BCUT2D eigenvalue weighted by Crippen LogP contribution is -2.21. The minimum Gasteiger partial charge on any atom is -0.207 e. The molecule has 0 radical (unpaired) electrons. The zero-order valence-electron chi connectivity index (χ0n) is 8.05. The predicted octanol–water partition coefficient (Wildman–Crippen LogP) is 3.95. The SMILES string of the molecule is Fc1cccc(C(CCl)C2CCC2)c1. The van der Waals surface area contributed by atoms with Gasteiger partial charge in [0.2, 0.25) is 0 Å². The Bertz CT molecular complexity index is 307. The number of hydrogen-bond donors (Lipinski definition) is 0. The highest BCUT2D eigenvalue weighted by Crippen LogP contribution is 2.39. The van der Waals surface area contributed by atoms with Gasteiger partial charge < -0.3 is 0 Å². The first-order valence-electron chi connectivity index (χ1n) is 5.12. The van der Waals surface area contributed by atoms with Crippen molar-refractivity contribution in [1.29, 1.82) is 0 Å². The van der Waals surface area contributed by atoms with Crippen molar-refractivity contribution in [3.8, 4) is 0 Å². The molecule has 0 aliphatic heterocycles. The summed E-state index contributed by atoms with van der Waals surface area (Å²) >= 11 is 5.94. The predicted molar refractivity (Wildman–Crippen MR) is 57.2 cm³/mol. The quantitative estimate of drug-likeness (QED) is 0.666. The molecule has 1 aromatic carbocycles. The van der Waals surface area contributed by atoms with Crippen LogP contribution in [0.25, 0.3) is 0 Å². The van der Waals surface area contributed by atoms with Crippen molar-refractivity contribution in [2.75, 3.05) is 5.88 Å². The maximum Gasteiger partial charge on any atom is 0.123 e. The van der Waals surface area contributed by atoms with E-state index < -0.39 is 0 Å². The topological polar surface area (TPSA) is 0 Å². The van der Waals surface area contributed by atoms with Crippen molar-refractivity contribution < 1.29 is 4.39 Å². The Labute approximate surface area is 89.1 Å². The van der Waals surface area contributed by atoms with Crippen molar-refractivity contribution in [2.24, 2.45) is 5.92 Å². The molecule has 76 valence electrons. The summed E-state index contributed by atoms with van der Waals surface area (Å²) in [6.45, 7) is 0. The summed E-state index contributed by atoms with van der Waals surface area (Å²) in [6.07, 6.45) is 3.79. The zero-order chi connectivity index (χ0) is 9.97. The minimum atomic E-state index is -0.156. The first-order chi connectivity index (χ1) is 6.81. The fourth-order valence-electron chi connectivity index (χ4n) is 2.07. The van der Waals surface area contributed by atoms with Crippen molar-refractivity contribution in [3.63, 3.8) is 0 Å². The molecule has 0 amide bonds. The molecule has 14 heavy (non-hydrogen) atoms. The van der Waals surface area contributed by atoms with Gasteiger partial charge >= 0.3 is 0 Å². The molecule has 2 rings (SSSR count). The van der Waals surface area contributed by atoms with Crippen LogP contribution < -0.4 is 0 Å². The van der Waals surface area contributed by atoms with E-state index in [4.69, 9.17) is 11.6 Å². The van der Waals surface area contributed by atoms with Gasteiger partial charge in [-0.15, -0.1) is 11.6 Å². The lowest BCUT2D eigenvalue weighted by Gasteiger charge is -2.32. The molecule has 0 bridgehead atoms. The Morgan fingerprint density at radius 3 is 2.71 bits per heavy atom. The van der Waals surface area contributed by atoms with Crippen LogP contribution >= 0.6 is 11.6 Å². The smallest absolute Gasteiger partial charge is 0.123 e. The molecule has 1 aliphatic rings. The van der Waals surface area contributed by atoms with Crippen molar-refractivity contribution >= 4 is 11.6 Å². The van der Waals surface area contributed by atoms with Crippen LogP contribution in [0.3, 0.4) is 0 Å². The monoisotopic (exact) mass is 212 g/mol. The van der Waals surface area contributed by atoms with Crippen molar-refractivity contribution in [2.45, 2.75) is 25.2 Å². The zero-order valence-corrected chi connectivity index (χ0v) is 8.80. The average molecular weight is 213 g/mol. The summed E-state index contributed by atoms with van der Waals surface area (Å²) in [4.78, 5) is 0. The fourth-order valence-corrected chi connectivity index (χ4v) is 2.50. The molecular formula is C12H14ClF. The summed E-state index contributed by atoms with van der Waals surface area (Å²) in [5, 5.41) is 0. The molecule has 1 fully saturated rings. The van der Waals surface area contributed by atoms with Gasteiger partial charge in [0.15, 0.2) is 0 Å². The lowest BCUT2D eigenvalue weighted by molar-refractivity contribution is 0.273. The Morgan fingerprint density at radius 2 is 2.21 bits per heavy atom. The standard InChI is InChI=1S/C12H14ClF/c13-8-12(9-3-1-4-9)10-5-2-6-11(14)7-10/h2,5-7,9,12H,1,3-4,8H2. The van der Waals surface area contributed by atoms with Crippen molar-refractivity contribution in [3.05, 3.63) is 35.6 Å². The molecule has 0 spiro atoms. The number of hydrogen-bond acceptors (Lipinski definition) is 0.